The molecule has 4 heterocycles. The Balaban J connectivity index is 1.02. The van der Waals surface area contributed by atoms with Gasteiger partial charge in [-0.2, -0.15) is 0 Å². The standard InChI is InChI=1S/C27H40N6O3/c1-29-16-18-30(19-17-29)22-8-12-31(13-9-22)25(34)6-7-26(35)32-14-10-23(11-15-32)33-20-21-4-2-3-5-24(21)28-27(33)36/h2-5,22-23H,6-20H2,1H3,(H,28,36). The Morgan fingerprint density at radius 2 is 1.36 bits per heavy atom. The highest BCUT2D eigenvalue weighted by Gasteiger charge is 2.33. The summed E-state index contributed by atoms with van der Waals surface area (Å²) in [6.07, 6.45) is 4.18. The van der Waals surface area contributed by atoms with E-state index in [0.29, 0.717) is 32.1 Å². The van der Waals surface area contributed by atoms with Crippen LogP contribution >= 0.6 is 0 Å². The molecule has 4 amide bonds. The van der Waals surface area contributed by atoms with E-state index in [4.69, 9.17) is 0 Å². The molecule has 4 aliphatic heterocycles. The van der Waals surface area contributed by atoms with Crippen molar-refractivity contribution >= 4 is 23.5 Å². The molecule has 0 unspecified atom stereocenters. The van der Waals surface area contributed by atoms with Gasteiger partial charge in [-0.25, -0.2) is 4.79 Å². The molecule has 1 aromatic carbocycles. The van der Waals surface area contributed by atoms with Crippen molar-refractivity contribution in [2.45, 2.75) is 57.2 Å². The summed E-state index contributed by atoms with van der Waals surface area (Å²) in [5.74, 6) is 0.168. The van der Waals surface area contributed by atoms with Crippen molar-refractivity contribution in [3.05, 3.63) is 29.8 Å². The van der Waals surface area contributed by atoms with Gasteiger partial charge < -0.3 is 24.9 Å². The fraction of sp³-hybridized carbons (Fsp3) is 0.667. The largest absolute Gasteiger partial charge is 0.343 e. The lowest BCUT2D eigenvalue weighted by atomic mass is 10.00. The van der Waals surface area contributed by atoms with Crippen LogP contribution in [0.25, 0.3) is 0 Å². The third-order valence-electron chi connectivity index (χ3n) is 8.54. The molecule has 0 aliphatic carbocycles. The molecule has 0 saturated carbocycles. The van der Waals surface area contributed by atoms with Gasteiger partial charge in [-0.1, -0.05) is 18.2 Å². The van der Waals surface area contributed by atoms with Crippen molar-refractivity contribution in [2.75, 3.05) is 64.7 Å². The summed E-state index contributed by atoms with van der Waals surface area (Å²) >= 11 is 0. The maximum Gasteiger partial charge on any atom is 0.322 e. The maximum atomic E-state index is 12.8. The zero-order valence-electron chi connectivity index (χ0n) is 21.5. The number of benzene rings is 1. The predicted molar refractivity (Wildman–Crippen MR) is 139 cm³/mol. The molecule has 1 aromatic rings. The first-order valence-corrected chi connectivity index (χ1v) is 13.6. The molecule has 196 valence electrons. The number of nitrogens with zero attached hydrogens (tertiary/aromatic N) is 5. The lowest BCUT2D eigenvalue weighted by Crippen LogP contribution is -2.53. The van der Waals surface area contributed by atoms with Gasteiger partial charge in [0.1, 0.15) is 0 Å². The molecular formula is C27H40N6O3. The van der Waals surface area contributed by atoms with Crippen LogP contribution in [-0.4, -0.2) is 114 Å². The van der Waals surface area contributed by atoms with Crippen molar-refractivity contribution in [3.8, 4) is 0 Å². The van der Waals surface area contributed by atoms with E-state index in [-0.39, 0.29) is 30.3 Å². The number of carbonyl (C=O) groups is 3. The number of para-hydroxylation sites is 1. The number of amides is 4. The summed E-state index contributed by atoms with van der Waals surface area (Å²) in [5.41, 5.74) is 2.02. The Morgan fingerprint density at radius 3 is 1.97 bits per heavy atom. The van der Waals surface area contributed by atoms with Crippen LogP contribution < -0.4 is 5.32 Å². The van der Waals surface area contributed by atoms with Crippen LogP contribution in [0.2, 0.25) is 0 Å². The number of carbonyl (C=O) groups excluding carboxylic acids is 3. The summed E-state index contributed by atoms with van der Waals surface area (Å²) in [6, 6.07) is 8.56. The van der Waals surface area contributed by atoms with E-state index < -0.39 is 0 Å². The van der Waals surface area contributed by atoms with Crippen LogP contribution in [0, 0.1) is 0 Å². The number of fused-ring (bicyclic) bond motifs is 1. The zero-order chi connectivity index (χ0) is 25.1. The van der Waals surface area contributed by atoms with E-state index in [2.05, 4.69) is 22.2 Å². The average Bonchev–Trinajstić information content (AvgIpc) is 2.92. The van der Waals surface area contributed by atoms with E-state index in [1.165, 1.54) is 0 Å². The van der Waals surface area contributed by atoms with Crippen LogP contribution in [0.1, 0.15) is 44.1 Å². The number of piperazine rings is 1. The van der Waals surface area contributed by atoms with E-state index in [0.717, 1.165) is 76.2 Å². The highest BCUT2D eigenvalue weighted by molar-refractivity contribution is 5.92. The SMILES string of the molecule is CN1CCN(C2CCN(C(=O)CCC(=O)N3CCC(N4Cc5ccccc5NC4=O)CC3)CC2)CC1. The number of nitrogens with one attached hydrogen (secondary N) is 1. The van der Waals surface area contributed by atoms with Gasteiger partial charge in [0.05, 0.1) is 0 Å². The monoisotopic (exact) mass is 496 g/mol. The third-order valence-corrected chi connectivity index (χ3v) is 8.54. The van der Waals surface area contributed by atoms with Gasteiger partial charge in [-0.05, 0) is 44.4 Å². The van der Waals surface area contributed by atoms with Crippen LogP contribution in [0.4, 0.5) is 10.5 Å². The Labute approximate surface area is 214 Å². The Hall–Kier alpha value is -2.65. The highest BCUT2D eigenvalue weighted by atomic mass is 16.2. The quantitative estimate of drug-likeness (QED) is 0.675. The number of urea groups is 1. The zero-order valence-corrected chi connectivity index (χ0v) is 21.5. The molecule has 9 nitrogen and oxygen atoms in total. The Kier molecular flexibility index (Phi) is 7.76. The van der Waals surface area contributed by atoms with Crippen LogP contribution in [0.3, 0.4) is 0 Å². The van der Waals surface area contributed by atoms with Crippen LogP contribution in [-0.2, 0) is 16.1 Å². The number of hydrogen-bond donors (Lipinski definition) is 1. The van der Waals surface area contributed by atoms with Gasteiger partial charge in [0.25, 0.3) is 0 Å². The summed E-state index contributed by atoms with van der Waals surface area (Å²) < 4.78 is 0. The van der Waals surface area contributed by atoms with Crippen LogP contribution in [0.5, 0.6) is 0 Å². The lowest BCUT2D eigenvalue weighted by Gasteiger charge is -2.42. The third kappa shape index (κ3) is 5.67. The summed E-state index contributed by atoms with van der Waals surface area (Å²) in [6.45, 7) is 7.98. The van der Waals surface area contributed by atoms with E-state index in [1.54, 1.807) is 0 Å². The average molecular weight is 497 g/mol. The predicted octanol–water partition coefficient (Wildman–Crippen LogP) is 2.04. The van der Waals surface area contributed by atoms with Crippen molar-refractivity contribution in [3.63, 3.8) is 0 Å². The molecule has 36 heavy (non-hydrogen) atoms. The second-order valence-corrected chi connectivity index (χ2v) is 10.8. The van der Waals surface area contributed by atoms with E-state index in [9.17, 15) is 14.4 Å². The smallest absolute Gasteiger partial charge is 0.322 e. The summed E-state index contributed by atoms with van der Waals surface area (Å²) in [5, 5.41) is 2.99. The fourth-order valence-electron chi connectivity index (χ4n) is 6.14. The van der Waals surface area contributed by atoms with Crippen LogP contribution in [0.15, 0.2) is 24.3 Å². The van der Waals surface area contributed by atoms with Gasteiger partial charge in [0, 0.05) is 89.5 Å². The number of piperidine rings is 2. The molecule has 4 aliphatic rings. The topological polar surface area (TPSA) is 79.4 Å². The fourth-order valence-corrected chi connectivity index (χ4v) is 6.14. The number of anilines is 1. The normalized spacial score (nSPS) is 22.9. The van der Waals surface area contributed by atoms with Gasteiger partial charge in [-0.3, -0.25) is 14.5 Å². The summed E-state index contributed by atoms with van der Waals surface area (Å²) in [7, 11) is 2.18. The minimum absolute atomic E-state index is 0.0551. The van der Waals surface area contributed by atoms with Crippen molar-refractivity contribution in [1.29, 1.82) is 0 Å². The number of likely N-dealkylation sites (N-methyl/N-ethyl adjacent to an activating group) is 1. The molecule has 0 radical (unpaired) electrons. The second-order valence-electron chi connectivity index (χ2n) is 10.8. The molecule has 0 bridgehead atoms. The molecule has 9 heteroatoms. The molecule has 5 rings (SSSR count). The number of likely N-dealkylation sites (tertiary alicyclic amines) is 2. The maximum absolute atomic E-state index is 12.8. The van der Waals surface area contributed by atoms with Crippen molar-refractivity contribution in [2.24, 2.45) is 0 Å². The van der Waals surface area contributed by atoms with Gasteiger partial charge in [0.15, 0.2) is 0 Å². The lowest BCUT2D eigenvalue weighted by molar-refractivity contribution is -0.138. The van der Waals surface area contributed by atoms with Gasteiger partial charge >= 0.3 is 6.03 Å². The highest BCUT2D eigenvalue weighted by Crippen LogP contribution is 2.28. The summed E-state index contributed by atoms with van der Waals surface area (Å²) in [4.78, 5) is 48.9. The van der Waals surface area contributed by atoms with Gasteiger partial charge in [-0.15, -0.1) is 0 Å². The molecule has 3 fully saturated rings. The first-order chi connectivity index (χ1) is 17.5. The first-order valence-electron chi connectivity index (χ1n) is 13.6. The number of rotatable bonds is 5. The van der Waals surface area contributed by atoms with E-state index >= 15 is 0 Å². The molecule has 1 N–H and O–H groups in total. The molecule has 0 aromatic heterocycles. The van der Waals surface area contributed by atoms with Crippen molar-refractivity contribution in [1.82, 2.24) is 24.5 Å². The Morgan fingerprint density at radius 1 is 0.806 bits per heavy atom. The minimum atomic E-state index is -0.0551. The van der Waals surface area contributed by atoms with Crippen molar-refractivity contribution < 1.29 is 14.4 Å². The Bertz CT molecular complexity index is 947. The molecule has 0 spiro atoms. The molecular weight excluding hydrogens is 456 g/mol. The minimum Gasteiger partial charge on any atom is -0.343 e. The van der Waals surface area contributed by atoms with E-state index in [1.807, 2.05) is 39.0 Å². The number of hydrogen-bond acceptors (Lipinski definition) is 5. The molecule has 3 saturated heterocycles. The first kappa shape index (κ1) is 25.0. The second kappa shape index (κ2) is 11.2. The van der Waals surface area contributed by atoms with Gasteiger partial charge in [0.2, 0.25) is 11.8 Å². The molecule has 0 atom stereocenters.